The molecular formula is C18H32N2O2S. The Morgan fingerprint density at radius 3 is 2.48 bits per heavy atom. The van der Waals surface area contributed by atoms with Crippen molar-refractivity contribution in [2.24, 2.45) is 10.3 Å². The summed E-state index contributed by atoms with van der Waals surface area (Å²) in [6.07, 6.45) is 4.67. The predicted octanol–water partition coefficient (Wildman–Crippen LogP) is 3.73. The van der Waals surface area contributed by atoms with E-state index in [2.05, 4.69) is 22.5 Å². The summed E-state index contributed by atoms with van der Waals surface area (Å²) in [5.74, 6) is 1.18. The Hall–Kier alpha value is -0.940. The monoisotopic (exact) mass is 340 g/mol. The average Bonchev–Trinajstić information content (AvgIpc) is 2.49. The third kappa shape index (κ3) is 7.00. The Labute approximate surface area is 144 Å². The third-order valence-electron chi connectivity index (χ3n) is 3.77. The zero-order chi connectivity index (χ0) is 17.5. The van der Waals surface area contributed by atoms with Crippen molar-refractivity contribution in [3.8, 4) is 0 Å². The van der Waals surface area contributed by atoms with Gasteiger partial charge in [0.05, 0.1) is 18.0 Å². The van der Waals surface area contributed by atoms with E-state index in [9.17, 15) is 4.21 Å². The Bertz CT molecular complexity index is 460. The molecule has 0 radical (unpaired) electrons. The van der Waals surface area contributed by atoms with Crippen LogP contribution in [0, 0.1) is 5.92 Å². The molecule has 4 nitrogen and oxygen atoms in total. The summed E-state index contributed by atoms with van der Waals surface area (Å²) in [6, 6.07) is 0. The van der Waals surface area contributed by atoms with Gasteiger partial charge in [0.1, 0.15) is 16.8 Å². The Morgan fingerprint density at radius 1 is 1.39 bits per heavy atom. The van der Waals surface area contributed by atoms with Crippen molar-refractivity contribution < 1.29 is 8.95 Å². The number of ether oxygens (including phenoxy) is 1. The molecule has 0 N–H and O–H groups in total. The van der Waals surface area contributed by atoms with Crippen LogP contribution in [-0.4, -0.2) is 46.0 Å². The summed E-state index contributed by atoms with van der Waals surface area (Å²) in [4.78, 5) is 2.24. The molecule has 0 bridgehead atoms. The lowest BCUT2D eigenvalue weighted by molar-refractivity contribution is 0.0659. The number of rotatable bonds is 7. The number of allylic oxidation sites excluding steroid dienone is 2. The molecule has 1 saturated heterocycles. The molecule has 2 atom stereocenters. The van der Waals surface area contributed by atoms with Crippen molar-refractivity contribution >= 4 is 16.8 Å². The van der Waals surface area contributed by atoms with Crippen LogP contribution in [0.5, 0.6) is 0 Å². The molecule has 132 valence electrons. The smallest absolute Gasteiger partial charge is 0.146 e. The highest BCUT2D eigenvalue weighted by atomic mass is 32.2. The van der Waals surface area contributed by atoms with E-state index in [1.807, 2.05) is 33.8 Å². The Balaban J connectivity index is 3.07. The highest BCUT2D eigenvalue weighted by Crippen LogP contribution is 2.22. The van der Waals surface area contributed by atoms with Crippen molar-refractivity contribution in [1.82, 2.24) is 4.90 Å². The lowest BCUT2D eigenvalue weighted by atomic mass is 9.95. The molecule has 23 heavy (non-hydrogen) atoms. The number of hydrogen-bond acceptors (Lipinski definition) is 2. The van der Waals surface area contributed by atoms with Crippen LogP contribution < -0.4 is 0 Å². The van der Waals surface area contributed by atoms with Crippen LogP contribution in [-0.2, 0) is 15.7 Å². The molecule has 0 spiro atoms. The van der Waals surface area contributed by atoms with Crippen LogP contribution >= 0.6 is 0 Å². The first-order chi connectivity index (χ1) is 10.8. The van der Waals surface area contributed by atoms with Crippen LogP contribution in [0.1, 0.15) is 47.0 Å². The van der Waals surface area contributed by atoms with E-state index in [0.29, 0.717) is 13.2 Å². The SMILES string of the molecule is C=CC[C@@H](CCC(=C)C)/C(=N/S(=O)C(C)(C)C)N1CCOCC1. The number of morpholine rings is 1. The Morgan fingerprint density at radius 2 is 2.00 bits per heavy atom. The summed E-state index contributed by atoms with van der Waals surface area (Å²) in [7, 11) is -1.26. The van der Waals surface area contributed by atoms with Crippen molar-refractivity contribution in [1.29, 1.82) is 0 Å². The molecule has 1 aliphatic rings. The fourth-order valence-electron chi connectivity index (χ4n) is 2.38. The van der Waals surface area contributed by atoms with Crippen LogP contribution in [0.4, 0.5) is 0 Å². The van der Waals surface area contributed by atoms with Crippen LogP contribution in [0.25, 0.3) is 0 Å². The maximum absolute atomic E-state index is 12.6. The standard InChI is InChI=1S/C18H32N2O2S/c1-7-8-16(10-9-15(2)3)17(19-23(21)18(4,5)6)20-11-13-22-14-12-20/h7,16H,1-2,8-14H2,3-6H3/b19-17-/t16-,23?/m0/s1. The van der Waals surface area contributed by atoms with Crippen LogP contribution in [0.2, 0.25) is 0 Å². The molecule has 1 fully saturated rings. The summed E-state index contributed by atoms with van der Waals surface area (Å²) in [5, 5.41) is 0. The molecule has 0 aliphatic carbocycles. The molecular weight excluding hydrogens is 308 g/mol. The first-order valence-corrected chi connectivity index (χ1v) is 9.45. The molecule has 0 aromatic rings. The van der Waals surface area contributed by atoms with Gasteiger partial charge in [-0.05, 0) is 47.0 Å². The van der Waals surface area contributed by atoms with E-state index in [1.54, 1.807) is 0 Å². The minimum absolute atomic E-state index is 0.230. The molecule has 0 aromatic heterocycles. The zero-order valence-electron chi connectivity index (χ0n) is 15.1. The summed E-state index contributed by atoms with van der Waals surface area (Å²) < 4.78 is 22.3. The van der Waals surface area contributed by atoms with Gasteiger partial charge in [0.25, 0.3) is 0 Å². The van der Waals surface area contributed by atoms with Crippen molar-refractivity contribution in [3.63, 3.8) is 0 Å². The van der Waals surface area contributed by atoms with Gasteiger partial charge in [-0.1, -0.05) is 11.6 Å². The third-order valence-corrected chi connectivity index (χ3v) is 5.17. The Kier molecular flexibility index (Phi) is 8.20. The molecule has 1 aliphatic heterocycles. The summed E-state index contributed by atoms with van der Waals surface area (Å²) >= 11 is 0. The number of amidine groups is 1. The van der Waals surface area contributed by atoms with Gasteiger partial charge in [-0.2, -0.15) is 4.40 Å². The molecule has 1 heterocycles. The van der Waals surface area contributed by atoms with Gasteiger partial charge in [0.2, 0.25) is 0 Å². The topological polar surface area (TPSA) is 41.9 Å². The van der Waals surface area contributed by atoms with E-state index in [4.69, 9.17) is 4.74 Å². The first kappa shape index (κ1) is 20.1. The largest absolute Gasteiger partial charge is 0.378 e. The quantitative estimate of drug-likeness (QED) is 0.403. The second-order valence-electron chi connectivity index (χ2n) is 7.13. The van der Waals surface area contributed by atoms with Gasteiger partial charge >= 0.3 is 0 Å². The minimum atomic E-state index is -1.26. The molecule has 0 saturated carbocycles. The van der Waals surface area contributed by atoms with Crippen LogP contribution in [0.15, 0.2) is 29.2 Å². The molecule has 0 amide bonds. The maximum atomic E-state index is 12.6. The lowest BCUT2D eigenvalue weighted by Crippen LogP contribution is -2.44. The lowest BCUT2D eigenvalue weighted by Gasteiger charge is -2.34. The molecule has 1 rings (SSSR count). The summed E-state index contributed by atoms with van der Waals surface area (Å²) in [5.41, 5.74) is 1.16. The average molecular weight is 341 g/mol. The molecule has 0 aromatic carbocycles. The van der Waals surface area contributed by atoms with Gasteiger partial charge in [0.15, 0.2) is 0 Å². The van der Waals surface area contributed by atoms with Gasteiger partial charge < -0.3 is 9.64 Å². The van der Waals surface area contributed by atoms with E-state index in [1.165, 1.54) is 0 Å². The minimum Gasteiger partial charge on any atom is -0.378 e. The van der Waals surface area contributed by atoms with Crippen molar-refractivity contribution in [2.75, 3.05) is 26.3 Å². The number of nitrogens with zero attached hydrogens (tertiary/aromatic N) is 2. The van der Waals surface area contributed by atoms with Crippen molar-refractivity contribution in [2.45, 2.75) is 51.7 Å². The number of hydrogen-bond donors (Lipinski definition) is 0. The predicted molar refractivity (Wildman–Crippen MR) is 100 cm³/mol. The van der Waals surface area contributed by atoms with Crippen LogP contribution in [0.3, 0.4) is 0 Å². The highest BCUT2D eigenvalue weighted by molar-refractivity contribution is 7.85. The van der Waals surface area contributed by atoms with Gasteiger partial charge in [-0.15, -0.1) is 13.2 Å². The van der Waals surface area contributed by atoms with E-state index in [0.717, 1.165) is 43.8 Å². The molecule has 5 heteroatoms. The maximum Gasteiger partial charge on any atom is 0.146 e. The van der Waals surface area contributed by atoms with E-state index in [-0.39, 0.29) is 10.7 Å². The second-order valence-corrected chi connectivity index (χ2v) is 9.03. The summed E-state index contributed by atoms with van der Waals surface area (Å²) in [6.45, 7) is 18.8. The van der Waals surface area contributed by atoms with Crippen molar-refractivity contribution in [3.05, 3.63) is 24.8 Å². The highest BCUT2D eigenvalue weighted by Gasteiger charge is 2.27. The van der Waals surface area contributed by atoms with Gasteiger partial charge in [-0.3, -0.25) is 0 Å². The first-order valence-electron chi connectivity index (χ1n) is 8.34. The second kappa shape index (κ2) is 9.38. The zero-order valence-corrected chi connectivity index (χ0v) is 16.0. The fourth-order valence-corrected chi connectivity index (χ4v) is 3.09. The van der Waals surface area contributed by atoms with Gasteiger partial charge in [0, 0.05) is 19.0 Å². The van der Waals surface area contributed by atoms with E-state index < -0.39 is 11.0 Å². The fraction of sp³-hybridized carbons (Fsp3) is 0.722. The van der Waals surface area contributed by atoms with E-state index >= 15 is 0 Å². The normalized spacial score (nSPS) is 19.3. The van der Waals surface area contributed by atoms with Gasteiger partial charge in [-0.25, -0.2) is 4.21 Å². The molecule has 1 unspecified atom stereocenters.